The molecule has 3 heterocycles. The second-order valence-corrected chi connectivity index (χ2v) is 5.21. The zero-order chi connectivity index (χ0) is 14.2. The minimum Gasteiger partial charge on any atom is -0.454 e. The fourth-order valence-corrected chi connectivity index (χ4v) is 2.32. The van der Waals surface area contributed by atoms with Crippen molar-refractivity contribution in [2.24, 2.45) is 0 Å². The Morgan fingerprint density at radius 2 is 2.30 bits per heavy atom. The Morgan fingerprint density at radius 1 is 1.50 bits per heavy atom. The summed E-state index contributed by atoms with van der Waals surface area (Å²) in [5, 5.41) is 14.0. The van der Waals surface area contributed by atoms with Crippen molar-refractivity contribution in [3.63, 3.8) is 0 Å². The summed E-state index contributed by atoms with van der Waals surface area (Å²) >= 11 is 0. The zero-order valence-electron chi connectivity index (χ0n) is 11.3. The second-order valence-electron chi connectivity index (χ2n) is 5.21. The number of likely N-dealkylation sites (tertiary alicyclic amines) is 1. The van der Waals surface area contributed by atoms with Crippen LogP contribution in [0.5, 0.6) is 0 Å². The topological polar surface area (TPSA) is 71.5 Å². The summed E-state index contributed by atoms with van der Waals surface area (Å²) in [6, 6.07) is 5.28. The van der Waals surface area contributed by atoms with Crippen molar-refractivity contribution < 1.29 is 14.3 Å². The fraction of sp³-hybridized carbons (Fsp3) is 0.429. The van der Waals surface area contributed by atoms with Crippen LogP contribution in [0.2, 0.25) is 0 Å². The molecule has 0 aromatic carbocycles. The molecule has 0 unspecified atom stereocenters. The average Bonchev–Trinajstić information content (AvgIpc) is 3.06. The maximum Gasteiger partial charge on any atom is 0.289 e. The molecule has 1 saturated heterocycles. The van der Waals surface area contributed by atoms with Crippen LogP contribution >= 0.6 is 0 Å². The number of amides is 1. The first-order chi connectivity index (χ1) is 9.59. The first-order valence-electron chi connectivity index (χ1n) is 6.67. The van der Waals surface area contributed by atoms with Crippen LogP contribution in [0.3, 0.4) is 0 Å². The van der Waals surface area contributed by atoms with Gasteiger partial charge < -0.3 is 14.4 Å². The summed E-state index contributed by atoms with van der Waals surface area (Å²) in [5.41, 5.74) is -0.722. The van der Waals surface area contributed by atoms with Crippen molar-refractivity contribution in [2.75, 3.05) is 13.1 Å². The molecule has 1 aliphatic rings. The molecule has 0 bridgehead atoms. The van der Waals surface area contributed by atoms with Crippen LogP contribution < -0.4 is 0 Å². The Bertz CT molecular complexity index is 597. The van der Waals surface area contributed by atoms with Gasteiger partial charge in [-0.05, 0) is 24.6 Å². The highest BCUT2D eigenvalue weighted by Crippen LogP contribution is 2.26. The van der Waals surface area contributed by atoms with E-state index in [1.165, 1.54) is 0 Å². The van der Waals surface area contributed by atoms with Crippen LogP contribution in [-0.2, 0) is 6.54 Å². The van der Waals surface area contributed by atoms with Crippen LogP contribution in [0.25, 0.3) is 0 Å². The number of furan rings is 1. The predicted molar refractivity (Wildman–Crippen MR) is 71.2 cm³/mol. The summed E-state index contributed by atoms with van der Waals surface area (Å²) in [5.74, 6) is 0.823. The molecule has 3 rings (SSSR count). The highest BCUT2D eigenvalue weighted by atomic mass is 16.4. The van der Waals surface area contributed by atoms with Gasteiger partial charge in [-0.1, -0.05) is 6.92 Å². The van der Waals surface area contributed by atoms with E-state index in [2.05, 4.69) is 5.10 Å². The standard InChI is InChI=1S/C14H17N3O3/c1-2-14(19)9-16(10-14)13(18)12-5-4-11(20-12)8-17-7-3-6-15-17/h3-7,19H,2,8-10H2,1H3. The minimum atomic E-state index is -0.722. The van der Waals surface area contributed by atoms with Gasteiger partial charge >= 0.3 is 0 Å². The van der Waals surface area contributed by atoms with Crippen LogP contribution in [0.15, 0.2) is 35.0 Å². The molecule has 1 fully saturated rings. The van der Waals surface area contributed by atoms with Gasteiger partial charge in [-0.15, -0.1) is 0 Å². The lowest BCUT2D eigenvalue weighted by Crippen LogP contribution is -2.63. The van der Waals surface area contributed by atoms with Crippen molar-refractivity contribution in [3.05, 3.63) is 42.1 Å². The first-order valence-corrected chi connectivity index (χ1v) is 6.67. The largest absolute Gasteiger partial charge is 0.454 e. The molecule has 1 N–H and O–H groups in total. The Balaban J connectivity index is 1.64. The summed E-state index contributed by atoms with van der Waals surface area (Å²) in [6.07, 6.45) is 4.18. The van der Waals surface area contributed by atoms with Gasteiger partial charge in [0.05, 0.1) is 25.2 Å². The second kappa shape index (κ2) is 4.79. The molecule has 0 atom stereocenters. The molecule has 20 heavy (non-hydrogen) atoms. The van der Waals surface area contributed by atoms with E-state index >= 15 is 0 Å². The molecule has 106 valence electrons. The van der Waals surface area contributed by atoms with E-state index in [4.69, 9.17) is 4.42 Å². The number of carbonyl (C=O) groups excluding carboxylic acids is 1. The van der Waals surface area contributed by atoms with Crippen LogP contribution in [-0.4, -0.2) is 44.4 Å². The van der Waals surface area contributed by atoms with Crippen molar-refractivity contribution in [1.29, 1.82) is 0 Å². The quantitative estimate of drug-likeness (QED) is 0.907. The Morgan fingerprint density at radius 3 is 2.95 bits per heavy atom. The van der Waals surface area contributed by atoms with Gasteiger partial charge in [-0.25, -0.2) is 0 Å². The lowest BCUT2D eigenvalue weighted by molar-refractivity contribution is -0.0834. The van der Waals surface area contributed by atoms with Gasteiger partial charge in [0.25, 0.3) is 5.91 Å². The molecule has 6 heteroatoms. The number of hydrogen-bond acceptors (Lipinski definition) is 4. The number of aromatic nitrogens is 2. The van der Waals surface area contributed by atoms with Gasteiger partial charge in [0.2, 0.25) is 0 Å². The lowest BCUT2D eigenvalue weighted by atomic mass is 9.91. The lowest BCUT2D eigenvalue weighted by Gasteiger charge is -2.45. The maximum absolute atomic E-state index is 12.1. The summed E-state index contributed by atoms with van der Waals surface area (Å²) in [4.78, 5) is 13.7. The molecule has 0 spiro atoms. The van der Waals surface area contributed by atoms with Gasteiger partial charge in [0, 0.05) is 12.4 Å². The van der Waals surface area contributed by atoms with E-state index in [1.807, 2.05) is 19.2 Å². The molecule has 6 nitrogen and oxygen atoms in total. The molecule has 1 aliphatic heterocycles. The minimum absolute atomic E-state index is 0.171. The highest BCUT2D eigenvalue weighted by molar-refractivity contribution is 5.92. The smallest absolute Gasteiger partial charge is 0.289 e. The molecule has 2 aromatic rings. The molecular weight excluding hydrogens is 258 g/mol. The van der Waals surface area contributed by atoms with E-state index in [1.54, 1.807) is 27.9 Å². The van der Waals surface area contributed by atoms with Gasteiger partial charge in [-0.3, -0.25) is 9.48 Å². The number of hydrogen-bond donors (Lipinski definition) is 1. The Labute approximate surface area is 116 Å². The summed E-state index contributed by atoms with van der Waals surface area (Å²) < 4.78 is 7.27. The molecule has 0 radical (unpaired) electrons. The molecule has 1 amide bonds. The van der Waals surface area contributed by atoms with Gasteiger partial charge in [0.1, 0.15) is 5.76 Å². The third-order valence-corrected chi connectivity index (χ3v) is 3.67. The van der Waals surface area contributed by atoms with Gasteiger partial charge in [0.15, 0.2) is 5.76 Å². The van der Waals surface area contributed by atoms with Crippen molar-refractivity contribution in [1.82, 2.24) is 14.7 Å². The van der Waals surface area contributed by atoms with Crippen LogP contribution in [0.1, 0.15) is 29.7 Å². The SMILES string of the molecule is CCC1(O)CN(C(=O)c2ccc(Cn3cccn3)o2)C1. The van der Waals surface area contributed by atoms with Crippen molar-refractivity contribution in [2.45, 2.75) is 25.5 Å². The fourth-order valence-electron chi connectivity index (χ4n) is 2.32. The highest BCUT2D eigenvalue weighted by Gasteiger charge is 2.42. The Hall–Kier alpha value is -2.08. The van der Waals surface area contributed by atoms with E-state index < -0.39 is 5.60 Å². The number of rotatable bonds is 4. The molecule has 0 saturated carbocycles. The van der Waals surface area contributed by atoms with Crippen LogP contribution in [0, 0.1) is 0 Å². The van der Waals surface area contributed by atoms with E-state index in [0.29, 0.717) is 37.6 Å². The van der Waals surface area contributed by atoms with Gasteiger partial charge in [-0.2, -0.15) is 5.10 Å². The zero-order valence-corrected chi connectivity index (χ0v) is 11.3. The molecule has 0 aliphatic carbocycles. The number of β-amino-alcohol motifs (C(OH)–C–C–N with tert-alkyl or cyclic N) is 1. The molecular formula is C14H17N3O3. The maximum atomic E-state index is 12.1. The predicted octanol–water partition coefficient (Wildman–Crippen LogP) is 1.12. The molecule has 2 aromatic heterocycles. The van der Waals surface area contributed by atoms with Crippen molar-refractivity contribution in [3.8, 4) is 0 Å². The van der Waals surface area contributed by atoms with E-state index in [-0.39, 0.29) is 5.91 Å². The van der Waals surface area contributed by atoms with Crippen molar-refractivity contribution >= 4 is 5.91 Å². The summed E-state index contributed by atoms with van der Waals surface area (Å²) in [6.45, 7) is 3.16. The van der Waals surface area contributed by atoms with E-state index in [0.717, 1.165) is 0 Å². The number of nitrogens with zero attached hydrogens (tertiary/aromatic N) is 3. The third kappa shape index (κ3) is 2.34. The van der Waals surface area contributed by atoms with Crippen LogP contribution in [0.4, 0.5) is 0 Å². The monoisotopic (exact) mass is 275 g/mol. The number of carbonyl (C=O) groups is 1. The third-order valence-electron chi connectivity index (χ3n) is 3.67. The number of aliphatic hydroxyl groups is 1. The van der Waals surface area contributed by atoms with E-state index in [9.17, 15) is 9.90 Å². The summed E-state index contributed by atoms with van der Waals surface area (Å²) in [7, 11) is 0. The first kappa shape index (κ1) is 12.9. The normalized spacial score (nSPS) is 17.0. The average molecular weight is 275 g/mol. The Kier molecular flexibility index (Phi) is 3.10.